The first-order valence-corrected chi connectivity index (χ1v) is 13.1. The van der Waals surface area contributed by atoms with Gasteiger partial charge in [-0.2, -0.15) is 39.5 Å². The first-order chi connectivity index (χ1) is 19.0. The molecule has 0 atom stereocenters. The minimum absolute atomic E-state index is 0.0917. The van der Waals surface area contributed by atoms with E-state index in [1.54, 1.807) is 6.07 Å². The molecule has 41 heavy (non-hydrogen) atoms. The molecule has 2 aromatic carbocycles. The first kappa shape index (κ1) is 32.3. The van der Waals surface area contributed by atoms with Crippen LogP contribution in [0.4, 0.5) is 39.5 Å². The largest absolute Gasteiger partial charge is 0.487 e. The fourth-order valence-electron chi connectivity index (χ4n) is 3.85. The number of carbonyl (C=O) groups is 1. The van der Waals surface area contributed by atoms with Gasteiger partial charge in [-0.25, -0.2) is 4.79 Å². The Morgan fingerprint density at radius 3 is 2.22 bits per heavy atom. The number of benzene rings is 2. The van der Waals surface area contributed by atoms with Crippen LogP contribution in [-0.2, 0) is 22.1 Å². The zero-order valence-corrected chi connectivity index (χ0v) is 22.4. The Kier molecular flexibility index (Phi) is 9.72. The van der Waals surface area contributed by atoms with Gasteiger partial charge in [0.15, 0.2) is 13.2 Å². The number of halogens is 9. The van der Waals surface area contributed by atoms with E-state index in [-0.39, 0.29) is 15.1 Å². The van der Waals surface area contributed by atoms with Crippen LogP contribution in [0.25, 0.3) is 20.5 Å². The highest BCUT2D eigenvalue weighted by molar-refractivity contribution is 7.22. The van der Waals surface area contributed by atoms with Gasteiger partial charge in [0.05, 0.1) is 5.56 Å². The predicted octanol–water partition coefficient (Wildman–Crippen LogP) is 9.33. The van der Waals surface area contributed by atoms with Crippen molar-refractivity contribution in [1.82, 2.24) is 0 Å². The van der Waals surface area contributed by atoms with Crippen LogP contribution in [0, 0.1) is 0 Å². The fraction of sp³-hybridized carbons (Fsp3) is 0.393. The average Bonchev–Trinajstić information content (AvgIpc) is 3.33. The van der Waals surface area contributed by atoms with E-state index in [0.717, 1.165) is 48.8 Å². The molecule has 0 fully saturated rings. The molecule has 1 aromatic heterocycles. The second-order valence-corrected chi connectivity index (χ2v) is 10.3. The van der Waals surface area contributed by atoms with Crippen molar-refractivity contribution in [3.8, 4) is 16.2 Å². The van der Waals surface area contributed by atoms with Gasteiger partial charge in [0.2, 0.25) is 0 Å². The van der Waals surface area contributed by atoms with E-state index >= 15 is 0 Å². The summed E-state index contributed by atoms with van der Waals surface area (Å²) in [6.07, 6.45) is -1.23. The van der Waals surface area contributed by atoms with Crippen LogP contribution in [0.3, 0.4) is 0 Å². The molecule has 0 amide bonds. The Bertz CT molecular complexity index is 1380. The minimum atomic E-state index is -5.96. The molecule has 0 aliphatic carbocycles. The lowest BCUT2D eigenvalue weighted by molar-refractivity contribution is -0.322. The number of hydrogen-bond donors (Lipinski definition) is 0. The van der Waals surface area contributed by atoms with Crippen molar-refractivity contribution in [3.05, 3.63) is 66.2 Å². The number of hydrogen-bond acceptors (Lipinski definition) is 4. The van der Waals surface area contributed by atoms with Gasteiger partial charge in [-0.05, 0) is 54.1 Å². The third-order valence-electron chi connectivity index (χ3n) is 6.12. The molecule has 0 radical (unpaired) electrons. The van der Waals surface area contributed by atoms with Crippen LogP contribution in [0.1, 0.15) is 37.3 Å². The van der Waals surface area contributed by atoms with E-state index in [1.807, 2.05) is 6.92 Å². The summed E-state index contributed by atoms with van der Waals surface area (Å²) in [5, 5.41) is 0.421. The molecule has 0 bridgehead atoms. The van der Waals surface area contributed by atoms with Crippen molar-refractivity contribution in [3.63, 3.8) is 0 Å². The number of esters is 1. The Morgan fingerprint density at radius 2 is 1.59 bits per heavy atom. The van der Waals surface area contributed by atoms with Crippen molar-refractivity contribution in [2.75, 3.05) is 13.2 Å². The molecule has 0 saturated carbocycles. The number of alkyl halides is 9. The Labute approximate surface area is 233 Å². The maximum absolute atomic E-state index is 14.2. The van der Waals surface area contributed by atoms with Crippen LogP contribution in [0.2, 0.25) is 0 Å². The van der Waals surface area contributed by atoms with Crippen LogP contribution in [0.5, 0.6) is 5.75 Å². The van der Waals surface area contributed by atoms with E-state index < -0.39 is 54.4 Å². The van der Waals surface area contributed by atoms with Crippen molar-refractivity contribution in [1.29, 1.82) is 0 Å². The Morgan fingerprint density at radius 1 is 0.902 bits per heavy atom. The van der Waals surface area contributed by atoms with Crippen molar-refractivity contribution >= 4 is 27.4 Å². The standard InChI is InChI=1S/C28H25F9O3S/c1-3-5-6-7-17-8-11-20(21(12-17)27(33,34)35)23-13-18-9-10-19(14-22(18)41-23)39-15-25(29,30)28(36,37)26(31,32)16-40-24(38)4-2/h4,8-14H,2-3,5-7,15-16H2,1H3. The van der Waals surface area contributed by atoms with Gasteiger partial charge in [-0.3, -0.25) is 0 Å². The smallest absolute Gasteiger partial charge is 0.417 e. The molecule has 0 N–H and O–H groups in total. The summed E-state index contributed by atoms with van der Waals surface area (Å²) in [6.45, 7) is 0.386. The minimum Gasteiger partial charge on any atom is -0.487 e. The number of ether oxygens (including phenoxy) is 2. The van der Waals surface area contributed by atoms with Crippen LogP contribution >= 0.6 is 11.3 Å². The van der Waals surface area contributed by atoms with Gasteiger partial charge >= 0.3 is 29.9 Å². The third kappa shape index (κ3) is 7.35. The number of thiophene rings is 1. The summed E-state index contributed by atoms with van der Waals surface area (Å²) in [5.74, 6) is -18.7. The van der Waals surface area contributed by atoms with Gasteiger partial charge in [-0.15, -0.1) is 11.3 Å². The molecular formula is C28H25F9O3S. The van der Waals surface area contributed by atoms with E-state index in [4.69, 9.17) is 4.74 Å². The van der Waals surface area contributed by atoms with Crippen molar-refractivity contribution in [2.45, 2.75) is 56.6 Å². The fourth-order valence-corrected chi connectivity index (χ4v) is 4.98. The van der Waals surface area contributed by atoms with Gasteiger partial charge < -0.3 is 9.47 Å². The number of fused-ring (bicyclic) bond motifs is 1. The lowest BCUT2D eigenvalue weighted by Gasteiger charge is -2.32. The Balaban J connectivity index is 1.82. The predicted molar refractivity (Wildman–Crippen MR) is 137 cm³/mol. The summed E-state index contributed by atoms with van der Waals surface area (Å²) < 4.78 is 135. The normalized spacial score (nSPS) is 12.9. The van der Waals surface area contributed by atoms with E-state index in [9.17, 15) is 44.3 Å². The molecule has 0 spiro atoms. The average molecular weight is 613 g/mol. The van der Waals surface area contributed by atoms with Crippen LogP contribution in [0.15, 0.2) is 55.1 Å². The van der Waals surface area contributed by atoms with Crippen molar-refractivity contribution < 1.29 is 53.8 Å². The molecule has 0 saturated heterocycles. The summed E-state index contributed by atoms with van der Waals surface area (Å²) >= 11 is 0.885. The van der Waals surface area contributed by atoms with E-state index in [2.05, 4.69) is 11.3 Å². The zero-order chi connectivity index (χ0) is 30.6. The first-order valence-electron chi connectivity index (χ1n) is 12.3. The molecule has 0 aliphatic heterocycles. The van der Waals surface area contributed by atoms with E-state index in [1.165, 1.54) is 18.2 Å². The van der Waals surface area contributed by atoms with Gasteiger partial charge in [0.25, 0.3) is 0 Å². The second kappa shape index (κ2) is 12.3. The topological polar surface area (TPSA) is 35.5 Å². The highest BCUT2D eigenvalue weighted by atomic mass is 32.1. The lowest BCUT2D eigenvalue weighted by Crippen LogP contribution is -2.58. The maximum Gasteiger partial charge on any atom is 0.417 e. The van der Waals surface area contributed by atoms with Crippen molar-refractivity contribution in [2.24, 2.45) is 0 Å². The molecule has 3 aromatic rings. The van der Waals surface area contributed by atoms with E-state index in [0.29, 0.717) is 23.4 Å². The maximum atomic E-state index is 14.2. The van der Waals surface area contributed by atoms with Gasteiger partial charge in [0, 0.05) is 21.2 Å². The van der Waals surface area contributed by atoms with Gasteiger partial charge in [-0.1, -0.05) is 38.5 Å². The molecule has 3 rings (SSSR count). The molecular weight excluding hydrogens is 587 g/mol. The molecule has 13 heteroatoms. The highest BCUT2D eigenvalue weighted by Crippen LogP contribution is 2.47. The van der Waals surface area contributed by atoms with Gasteiger partial charge in [0.1, 0.15) is 5.75 Å². The molecule has 3 nitrogen and oxygen atoms in total. The number of unbranched alkanes of at least 4 members (excludes halogenated alkanes) is 2. The second-order valence-electron chi connectivity index (χ2n) is 9.23. The third-order valence-corrected chi connectivity index (χ3v) is 7.25. The Hall–Kier alpha value is -3.22. The quantitative estimate of drug-likeness (QED) is 0.0836. The lowest BCUT2D eigenvalue weighted by atomic mass is 9.98. The monoisotopic (exact) mass is 612 g/mol. The van der Waals surface area contributed by atoms with Crippen LogP contribution in [-0.4, -0.2) is 37.0 Å². The summed E-state index contributed by atoms with van der Waals surface area (Å²) in [5.41, 5.74) is -0.393. The zero-order valence-electron chi connectivity index (χ0n) is 21.6. The molecule has 224 valence electrons. The number of aryl methyl sites for hydroxylation is 1. The summed E-state index contributed by atoms with van der Waals surface area (Å²) in [7, 11) is 0. The summed E-state index contributed by atoms with van der Waals surface area (Å²) in [6, 6.07) is 9.07. The molecule has 0 unspecified atom stereocenters. The number of carbonyl (C=O) groups excluding carboxylic acids is 1. The SMILES string of the molecule is C=CC(=O)OCC(F)(F)C(F)(F)C(F)(F)COc1ccc2cc(-c3ccc(CCCCC)cc3C(F)(F)F)sc2c1. The molecule has 1 heterocycles. The molecule has 0 aliphatic rings. The summed E-state index contributed by atoms with van der Waals surface area (Å²) in [4.78, 5) is 11.1. The van der Waals surface area contributed by atoms with Crippen LogP contribution < -0.4 is 4.74 Å². The highest BCUT2D eigenvalue weighted by Gasteiger charge is 2.72. The number of rotatable bonds is 13.